The Balaban J connectivity index is 2.92. The summed E-state index contributed by atoms with van der Waals surface area (Å²) < 4.78 is 0. The third kappa shape index (κ3) is 4.67. The lowest BCUT2D eigenvalue weighted by molar-refractivity contribution is 0.333. The van der Waals surface area contributed by atoms with Crippen molar-refractivity contribution >= 4 is 23.2 Å². The third-order valence-corrected chi connectivity index (χ3v) is 5.42. The molecule has 0 aromatic heterocycles. The fraction of sp³-hybridized carbons (Fsp3) is 0.667. The van der Waals surface area contributed by atoms with Gasteiger partial charge in [-0.2, -0.15) is 0 Å². The lowest BCUT2D eigenvalue weighted by Crippen LogP contribution is -2.33. The van der Waals surface area contributed by atoms with Crippen molar-refractivity contribution in [2.45, 2.75) is 58.3 Å². The number of hydrogen-bond donors (Lipinski definition) is 0. The first-order chi connectivity index (χ1) is 9.61. The minimum Gasteiger partial charge on any atom is -0.126 e. The van der Waals surface area contributed by atoms with Crippen molar-refractivity contribution < 1.29 is 0 Å². The van der Waals surface area contributed by atoms with Crippen LogP contribution in [0.4, 0.5) is 0 Å². The number of benzene rings is 1. The molecule has 0 spiro atoms. The van der Waals surface area contributed by atoms with Crippen molar-refractivity contribution in [3.63, 3.8) is 0 Å². The summed E-state index contributed by atoms with van der Waals surface area (Å²) in [6, 6.07) is 8.73. The molecule has 114 valence electrons. The van der Waals surface area contributed by atoms with E-state index in [1.54, 1.807) is 0 Å². The Morgan fingerprint density at radius 1 is 1.05 bits per heavy atom. The molecule has 1 unspecified atom stereocenters. The Labute approximate surface area is 134 Å². The highest BCUT2D eigenvalue weighted by molar-refractivity contribution is 6.22. The van der Waals surface area contributed by atoms with E-state index >= 15 is 0 Å². The quantitative estimate of drug-likeness (QED) is 0.468. The third-order valence-electron chi connectivity index (χ3n) is 4.40. The zero-order valence-electron chi connectivity index (χ0n) is 13.1. The number of alkyl halides is 2. The largest absolute Gasteiger partial charge is 0.126 e. The fourth-order valence-corrected chi connectivity index (χ4v) is 3.63. The maximum absolute atomic E-state index is 6.35. The summed E-state index contributed by atoms with van der Waals surface area (Å²) in [6.45, 7) is 6.65. The van der Waals surface area contributed by atoms with E-state index in [4.69, 9.17) is 23.2 Å². The second-order valence-electron chi connectivity index (χ2n) is 6.03. The maximum Gasteiger partial charge on any atom is 0.0332 e. The molecule has 0 heterocycles. The van der Waals surface area contributed by atoms with Crippen molar-refractivity contribution in [3.05, 3.63) is 35.4 Å². The van der Waals surface area contributed by atoms with Gasteiger partial charge in [0.25, 0.3) is 0 Å². The summed E-state index contributed by atoms with van der Waals surface area (Å²) in [7, 11) is 0. The standard InChI is InChI=1S/C18H28Cl2/c1-4-6-7-16(5-2)12-18(13-19,14-20)17-10-8-15(3)9-11-17/h8-11,16H,4-7,12-14H2,1-3H3. The topological polar surface area (TPSA) is 0 Å². The van der Waals surface area contributed by atoms with Crippen LogP contribution in [0.3, 0.4) is 0 Å². The van der Waals surface area contributed by atoms with Crippen LogP contribution in [-0.4, -0.2) is 11.8 Å². The molecule has 0 fully saturated rings. The molecule has 1 aromatic rings. The average molecular weight is 315 g/mol. The maximum atomic E-state index is 6.35. The van der Waals surface area contributed by atoms with E-state index in [0.717, 1.165) is 6.42 Å². The normalized spacial score (nSPS) is 13.4. The Hall–Kier alpha value is -0.200. The highest BCUT2D eigenvalue weighted by Gasteiger charge is 2.32. The molecule has 0 radical (unpaired) electrons. The monoisotopic (exact) mass is 314 g/mol. The Morgan fingerprint density at radius 2 is 1.65 bits per heavy atom. The molecule has 0 saturated heterocycles. The Morgan fingerprint density at radius 3 is 2.10 bits per heavy atom. The molecule has 2 heteroatoms. The summed E-state index contributed by atoms with van der Waals surface area (Å²) in [6.07, 6.45) is 6.15. The SMILES string of the molecule is CCCCC(CC)CC(CCl)(CCl)c1ccc(C)cc1. The van der Waals surface area contributed by atoms with Crippen LogP contribution in [0.2, 0.25) is 0 Å². The average Bonchev–Trinajstić information content (AvgIpc) is 2.49. The lowest BCUT2D eigenvalue weighted by Gasteiger charge is -2.34. The van der Waals surface area contributed by atoms with E-state index in [9.17, 15) is 0 Å². The van der Waals surface area contributed by atoms with Gasteiger partial charge in [0.15, 0.2) is 0 Å². The Bertz CT molecular complexity index is 366. The van der Waals surface area contributed by atoms with Gasteiger partial charge in [-0.15, -0.1) is 23.2 Å². The second kappa shape index (κ2) is 8.95. The Kier molecular flexibility index (Phi) is 7.99. The van der Waals surface area contributed by atoms with Crippen molar-refractivity contribution in [2.24, 2.45) is 5.92 Å². The summed E-state index contributed by atoms with van der Waals surface area (Å²) in [5, 5.41) is 0. The molecule has 0 N–H and O–H groups in total. The van der Waals surface area contributed by atoms with Crippen LogP contribution >= 0.6 is 23.2 Å². The predicted molar refractivity (Wildman–Crippen MR) is 92.2 cm³/mol. The molecule has 0 amide bonds. The molecule has 0 bridgehead atoms. The first kappa shape index (κ1) is 17.9. The van der Waals surface area contributed by atoms with Crippen LogP contribution < -0.4 is 0 Å². The minimum atomic E-state index is -0.0781. The van der Waals surface area contributed by atoms with Crippen LogP contribution in [0.15, 0.2) is 24.3 Å². The van der Waals surface area contributed by atoms with Crippen LogP contribution in [0.25, 0.3) is 0 Å². The van der Waals surface area contributed by atoms with E-state index in [0.29, 0.717) is 17.7 Å². The minimum absolute atomic E-state index is 0.0781. The van der Waals surface area contributed by atoms with Gasteiger partial charge in [-0.1, -0.05) is 69.4 Å². The molecular formula is C18H28Cl2. The van der Waals surface area contributed by atoms with Gasteiger partial charge in [-0.3, -0.25) is 0 Å². The molecule has 1 atom stereocenters. The summed E-state index contributed by atoms with van der Waals surface area (Å²) in [5.41, 5.74) is 2.50. The van der Waals surface area contributed by atoms with Gasteiger partial charge >= 0.3 is 0 Å². The molecule has 1 rings (SSSR count). The first-order valence-corrected chi connectivity index (χ1v) is 8.87. The number of halogens is 2. The second-order valence-corrected chi connectivity index (χ2v) is 6.57. The van der Waals surface area contributed by atoms with Crippen molar-refractivity contribution in [2.75, 3.05) is 11.8 Å². The van der Waals surface area contributed by atoms with Crippen LogP contribution in [-0.2, 0) is 5.41 Å². The van der Waals surface area contributed by atoms with E-state index in [1.807, 2.05) is 0 Å². The zero-order chi connectivity index (χ0) is 15.0. The van der Waals surface area contributed by atoms with Crippen molar-refractivity contribution in [1.29, 1.82) is 0 Å². The van der Waals surface area contributed by atoms with Gasteiger partial charge in [0, 0.05) is 17.2 Å². The van der Waals surface area contributed by atoms with Crippen LogP contribution in [0.1, 0.15) is 57.1 Å². The van der Waals surface area contributed by atoms with Gasteiger partial charge in [0.1, 0.15) is 0 Å². The van der Waals surface area contributed by atoms with Gasteiger partial charge in [-0.05, 0) is 24.8 Å². The summed E-state index contributed by atoms with van der Waals surface area (Å²) >= 11 is 12.7. The van der Waals surface area contributed by atoms with Crippen LogP contribution in [0.5, 0.6) is 0 Å². The number of unbranched alkanes of at least 4 members (excludes halogenated alkanes) is 1. The number of aryl methyl sites for hydroxylation is 1. The molecule has 1 aromatic carbocycles. The van der Waals surface area contributed by atoms with Gasteiger partial charge < -0.3 is 0 Å². The van der Waals surface area contributed by atoms with E-state index in [1.165, 1.54) is 36.8 Å². The van der Waals surface area contributed by atoms with Crippen molar-refractivity contribution in [3.8, 4) is 0 Å². The van der Waals surface area contributed by atoms with Gasteiger partial charge in [0.2, 0.25) is 0 Å². The molecule has 0 aliphatic heterocycles. The molecule has 20 heavy (non-hydrogen) atoms. The predicted octanol–water partition coefficient (Wildman–Crippen LogP) is 6.32. The summed E-state index contributed by atoms with van der Waals surface area (Å²) in [4.78, 5) is 0. The van der Waals surface area contributed by atoms with Crippen molar-refractivity contribution in [1.82, 2.24) is 0 Å². The highest BCUT2D eigenvalue weighted by Crippen LogP contribution is 2.37. The number of rotatable bonds is 9. The molecular weight excluding hydrogens is 287 g/mol. The fourth-order valence-electron chi connectivity index (χ4n) is 2.82. The molecule has 0 aliphatic rings. The van der Waals surface area contributed by atoms with E-state index in [-0.39, 0.29) is 5.41 Å². The molecule has 0 aliphatic carbocycles. The first-order valence-electron chi connectivity index (χ1n) is 7.81. The smallest absolute Gasteiger partial charge is 0.0332 e. The number of hydrogen-bond acceptors (Lipinski definition) is 0. The van der Waals surface area contributed by atoms with Gasteiger partial charge in [-0.25, -0.2) is 0 Å². The molecule has 0 saturated carbocycles. The summed E-state index contributed by atoms with van der Waals surface area (Å²) in [5.74, 6) is 1.92. The highest BCUT2D eigenvalue weighted by atomic mass is 35.5. The van der Waals surface area contributed by atoms with Crippen LogP contribution in [0, 0.1) is 12.8 Å². The van der Waals surface area contributed by atoms with E-state index in [2.05, 4.69) is 45.0 Å². The lowest BCUT2D eigenvalue weighted by atomic mass is 9.74. The molecule has 0 nitrogen and oxygen atoms in total. The van der Waals surface area contributed by atoms with E-state index < -0.39 is 0 Å². The zero-order valence-corrected chi connectivity index (χ0v) is 14.6. The van der Waals surface area contributed by atoms with Gasteiger partial charge in [0.05, 0.1) is 0 Å².